The van der Waals surface area contributed by atoms with Gasteiger partial charge >= 0.3 is 5.97 Å². The molecule has 7 N–H and O–H groups in total. The summed E-state index contributed by atoms with van der Waals surface area (Å²) in [6, 6.07) is 5.01. The minimum atomic E-state index is -1.17. The lowest BCUT2D eigenvalue weighted by atomic mass is 9.97. The molecule has 38 heavy (non-hydrogen) atoms. The van der Waals surface area contributed by atoms with Crippen molar-refractivity contribution in [3.63, 3.8) is 0 Å². The summed E-state index contributed by atoms with van der Waals surface area (Å²) in [6.45, 7) is 3.71. The maximum Gasteiger partial charge on any atom is 0.326 e. The van der Waals surface area contributed by atoms with E-state index in [1.165, 1.54) is 18.1 Å². The van der Waals surface area contributed by atoms with Gasteiger partial charge in [-0.05, 0) is 29.9 Å². The molecular weight excluding hydrogens is 508 g/mol. The van der Waals surface area contributed by atoms with Gasteiger partial charge in [-0.25, -0.2) is 9.78 Å². The van der Waals surface area contributed by atoms with Gasteiger partial charge in [0.1, 0.15) is 18.1 Å². The summed E-state index contributed by atoms with van der Waals surface area (Å²) < 4.78 is 0. The van der Waals surface area contributed by atoms with Gasteiger partial charge in [-0.15, -0.1) is 0 Å². The Hall–Kier alpha value is -3.38. The van der Waals surface area contributed by atoms with Crippen molar-refractivity contribution in [2.45, 2.75) is 63.7 Å². The van der Waals surface area contributed by atoms with E-state index in [-0.39, 0.29) is 25.2 Å². The minimum absolute atomic E-state index is 0.102. The van der Waals surface area contributed by atoms with E-state index in [0.717, 1.165) is 5.56 Å². The van der Waals surface area contributed by atoms with Crippen LogP contribution in [0.4, 0.5) is 0 Å². The number of carbonyl (C=O) groups is 4. The van der Waals surface area contributed by atoms with Crippen LogP contribution in [0.15, 0.2) is 42.9 Å². The molecule has 5 unspecified atom stereocenters. The number of aliphatic carboxylic acids is 1. The van der Waals surface area contributed by atoms with Crippen LogP contribution in [0.1, 0.15) is 37.9 Å². The van der Waals surface area contributed by atoms with Crippen molar-refractivity contribution >= 4 is 35.5 Å². The van der Waals surface area contributed by atoms with E-state index in [9.17, 15) is 24.3 Å². The summed E-state index contributed by atoms with van der Waals surface area (Å²) in [5.41, 5.74) is 7.50. The highest BCUT2D eigenvalue weighted by molar-refractivity contribution is 7.98. The predicted octanol–water partition coefficient (Wildman–Crippen LogP) is 0.860. The number of carbonyl (C=O) groups excluding carboxylic acids is 3. The van der Waals surface area contributed by atoms with Gasteiger partial charge in [0, 0.05) is 24.7 Å². The van der Waals surface area contributed by atoms with Crippen LogP contribution < -0.4 is 21.7 Å². The minimum Gasteiger partial charge on any atom is -0.480 e. The number of thioether (sulfide) groups is 1. The Balaban J connectivity index is 2.11. The Labute approximate surface area is 227 Å². The molecule has 0 saturated carbocycles. The van der Waals surface area contributed by atoms with Gasteiger partial charge in [-0.1, -0.05) is 50.6 Å². The number of hydrogen-bond acceptors (Lipinski definition) is 7. The number of hydrogen-bond donors (Lipinski definition) is 6. The Bertz CT molecular complexity index is 1040. The molecule has 0 saturated heterocycles. The van der Waals surface area contributed by atoms with Crippen molar-refractivity contribution < 1.29 is 24.3 Å². The van der Waals surface area contributed by atoms with E-state index < -0.39 is 47.9 Å². The largest absolute Gasteiger partial charge is 0.480 e. The van der Waals surface area contributed by atoms with E-state index in [2.05, 4.69) is 25.9 Å². The first-order valence-electron chi connectivity index (χ1n) is 12.6. The number of nitrogens with one attached hydrogen (secondary N) is 4. The lowest BCUT2D eigenvalue weighted by Crippen LogP contribution is -2.59. The average Bonchev–Trinajstić information content (AvgIpc) is 3.41. The zero-order valence-corrected chi connectivity index (χ0v) is 22.8. The Morgan fingerprint density at radius 2 is 1.71 bits per heavy atom. The van der Waals surface area contributed by atoms with Crippen molar-refractivity contribution in [2.75, 3.05) is 12.0 Å². The second kappa shape index (κ2) is 15.8. The first-order chi connectivity index (χ1) is 18.2. The monoisotopic (exact) mass is 546 g/mol. The molecule has 1 aromatic heterocycles. The topological polar surface area (TPSA) is 179 Å². The van der Waals surface area contributed by atoms with E-state index >= 15 is 0 Å². The number of imidazole rings is 1. The number of benzene rings is 1. The third kappa shape index (κ3) is 9.82. The van der Waals surface area contributed by atoms with Crippen LogP contribution in [0.3, 0.4) is 0 Å². The van der Waals surface area contributed by atoms with Crippen molar-refractivity contribution in [2.24, 2.45) is 11.7 Å². The van der Waals surface area contributed by atoms with E-state index in [1.807, 2.05) is 26.2 Å². The summed E-state index contributed by atoms with van der Waals surface area (Å²) in [5.74, 6) is -2.48. The first kappa shape index (κ1) is 30.8. The Morgan fingerprint density at radius 3 is 2.29 bits per heavy atom. The highest BCUT2D eigenvalue weighted by Gasteiger charge is 2.32. The van der Waals surface area contributed by atoms with Crippen LogP contribution in [0.25, 0.3) is 0 Å². The van der Waals surface area contributed by atoms with Gasteiger partial charge in [0.15, 0.2) is 0 Å². The third-order valence-corrected chi connectivity index (χ3v) is 6.91. The first-order valence-corrected chi connectivity index (χ1v) is 13.9. The zero-order chi connectivity index (χ0) is 28.1. The summed E-state index contributed by atoms with van der Waals surface area (Å²) >= 11 is 1.50. The second-order valence-electron chi connectivity index (χ2n) is 9.19. The molecule has 1 aromatic carbocycles. The summed E-state index contributed by atoms with van der Waals surface area (Å²) in [5, 5.41) is 17.7. The molecule has 2 rings (SSSR count). The zero-order valence-electron chi connectivity index (χ0n) is 22.0. The average molecular weight is 547 g/mol. The summed E-state index contributed by atoms with van der Waals surface area (Å²) in [7, 11) is 0. The molecule has 3 amide bonds. The summed E-state index contributed by atoms with van der Waals surface area (Å²) in [6.07, 6.45) is 6.13. The molecule has 11 nitrogen and oxygen atoms in total. The van der Waals surface area contributed by atoms with E-state index in [1.54, 1.807) is 30.5 Å². The molecule has 1 heterocycles. The Kier molecular flexibility index (Phi) is 12.8. The van der Waals surface area contributed by atoms with Gasteiger partial charge in [-0.2, -0.15) is 11.8 Å². The lowest BCUT2D eigenvalue weighted by molar-refractivity contribution is -0.142. The molecule has 0 fully saturated rings. The van der Waals surface area contributed by atoms with E-state index in [4.69, 9.17) is 5.73 Å². The van der Waals surface area contributed by atoms with Crippen molar-refractivity contribution in [1.29, 1.82) is 0 Å². The highest BCUT2D eigenvalue weighted by atomic mass is 32.2. The molecule has 208 valence electrons. The summed E-state index contributed by atoms with van der Waals surface area (Å²) in [4.78, 5) is 57.9. The van der Waals surface area contributed by atoms with Crippen LogP contribution >= 0.6 is 11.8 Å². The van der Waals surface area contributed by atoms with Crippen molar-refractivity contribution in [1.82, 2.24) is 25.9 Å². The SMILES string of the molecule is CCC(C)C(NC(=O)C(N)Cc1cnc[nH]1)C(=O)NC(CCSC)C(=O)NC(Cc1ccccc1)C(=O)O. The quantitative estimate of drug-likeness (QED) is 0.179. The number of H-pyrrole nitrogens is 1. The lowest BCUT2D eigenvalue weighted by Gasteiger charge is -2.28. The molecule has 2 aromatic rings. The molecule has 5 atom stereocenters. The fourth-order valence-electron chi connectivity index (χ4n) is 3.78. The smallest absolute Gasteiger partial charge is 0.326 e. The Morgan fingerprint density at radius 1 is 1.03 bits per heavy atom. The van der Waals surface area contributed by atoms with Crippen LogP contribution in [-0.2, 0) is 32.0 Å². The molecule has 0 aliphatic rings. The van der Waals surface area contributed by atoms with Crippen LogP contribution in [0.2, 0.25) is 0 Å². The van der Waals surface area contributed by atoms with Crippen LogP contribution in [-0.4, -0.2) is 74.9 Å². The molecular formula is C26H38N6O5S. The predicted molar refractivity (Wildman–Crippen MR) is 146 cm³/mol. The maximum absolute atomic E-state index is 13.3. The highest BCUT2D eigenvalue weighted by Crippen LogP contribution is 2.11. The molecule has 0 spiro atoms. The number of carboxylic acid groups (broad SMARTS) is 1. The van der Waals surface area contributed by atoms with E-state index in [0.29, 0.717) is 17.9 Å². The van der Waals surface area contributed by atoms with Gasteiger partial charge in [0.25, 0.3) is 0 Å². The normalized spacial score (nSPS) is 14.9. The second-order valence-corrected chi connectivity index (χ2v) is 10.2. The fraction of sp³-hybridized carbons (Fsp3) is 0.500. The number of aromatic amines is 1. The van der Waals surface area contributed by atoms with Crippen LogP contribution in [0, 0.1) is 5.92 Å². The van der Waals surface area contributed by atoms with Crippen molar-refractivity contribution in [3.05, 3.63) is 54.1 Å². The van der Waals surface area contributed by atoms with Gasteiger partial charge in [-0.3, -0.25) is 14.4 Å². The number of nitrogens with two attached hydrogens (primary N) is 1. The molecule has 0 aliphatic carbocycles. The van der Waals surface area contributed by atoms with Crippen molar-refractivity contribution in [3.8, 4) is 0 Å². The van der Waals surface area contributed by atoms with Gasteiger partial charge in [0.05, 0.1) is 12.4 Å². The number of nitrogens with zero attached hydrogens (tertiary/aromatic N) is 1. The number of aromatic nitrogens is 2. The molecule has 12 heteroatoms. The molecule has 0 radical (unpaired) electrons. The van der Waals surface area contributed by atoms with Gasteiger partial charge < -0.3 is 31.8 Å². The number of carboxylic acids is 1. The van der Waals surface area contributed by atoms with Gasteiger partial charge in [0.2, 0.25) is 17.7 Å². The number of amides is 3. The maximum atomic E-state index is 13.3. The molecule has 0 aliphatic heterocycles. The number of rotatable bonds is 16. The standard InChI is InChI=1S/C26H38N6O5S/c1-4-16(2)22(32-23(33)19(27)13-18-14-28-15-29-18)25(35)30-20(10-11-38-3)24(34)31-21(26(36)37)12-17-8-6-5-7-9-17/h5-9,14-16,19-22H,4,10-13,27H2,1-3H3,(H,28,29)(H,30,35)(H,31,34)(H,32,33)(H,36,37). The van der Waals surface area contributed by atoms with Crippen LogP contribution in [0.5, 0.6) is 0 Å². The fourth-order valence-corrected chi connectivity index (χ4v) is 4.25. The molecule has 0 bridgehead atoms. The third-order valence-electron chi connectivity index (χ3n) is 6.27.